The molecule has 0 spiro atoms. The van der Waals surface area contributed by atoms with E-state index in [-0.39, 0.29) is 11.2 Å². The number of hydrogen-bond acceptors (Lipinski definition) is 5. The fourth-order valence-electron chi connectivity index (χ4n) is 2.48. The van der Waals surface area contributed by atoms with Crippen molar-refractivity contribution in [2.45, 2.75) is 30.4 Å². The second-order valence-corrected chi connectivity index (χ2v) is 9.11. The maximum Gasteiger partial charge on any atom is 0.237 e. The van der Waals surface area contributed by atoms with Crippen LogP contribution in [0.15, 0.2) is 52.9 Å². The van der Waals surface area contributed by atoms with E-state index in [1.165, 1.54) is 23.1 Å². The SMILES string of the molecule is Cc1cccc(C)c1NC(=O)[C@@H](C)Sc1nn(-c2ccccc2)c(=S)s1. The molecule has 4 nitrogen and oxygen atoms in total. The summed E-state index contributed by atoms with van der Waals surface area (Å²) in [4.78, 5) is 12.6. The number of hydrogen-bond donors (Lipinski definition) is 1. The van der Waals surface area contributed by atoms with E-state index < -0.39 is 0 Å². The largest absolute Gasteiger partial charge is 0.325 e. The Hall–Kier alpha value is -1.96. The van der Waals surface area contributed by atoms with Crippen LogP contribution in [0.5, 0.6) is 0 Å². The number of nitrogens with one attached hydrogen (secondary N) is 1. The van der Waals surface area contributed by atoms with Crippen LogP contribution in [0.4, 0.5) is 5.69 Å². The van der Waals surface area contributed by atoms with Gasteiger partial charge < -0.3 is 5.32 Å². The van der Waals surface area contributed by atoms with Gasteiger partial charge in [-0.15, -0.1) is 5.10 Å². The highest BCUT2D eigenvalue weighted by Gasteiger charge is 2.19. The summed E-state index contributed by atoms with van der Waals surface area (Å²) in [7, 11) is 0. The Morgan fingerprint density at radius 3 is 2.46 bits per heavy atom. The molecule has 0 bridgehead atoms. The van der Waals surface area contributed by atoms with E-state index in [2.05, 4.69) is 10.4 Å². The number of benzene rings is 2. The first kappa shape index (κ1) is 18.8. The van der Waals surface area contributed by atoms with Crippen molar-refractivity contribution in [3.05, 3.63) is 63.6 Å². The molecule has 0 aliphatic rings. The monoisotopic (exact) mass is 401 g/mol. The summed E-state index contributed by atoms with van der Waals surface area (Å²) in [5.74, 6) is -0.0419. The highest BCUT2D eigenvalue weighted by Crippen LogP contribution is 2.29. The summed E-state index contributed by atoms with van der Waals surface area (Å²) >= 11 is 8.25. The van der Waals surface area contributed by atoms with Gasteiger partial charge >= 0.3 is 0 Å². The highest BCUT2D eigenvalue weighted by molar-refractivity contribution is 8.02. The zero-order chi connectivity index (χ0) is 18.7. The maximum absolute atomic E-state index is 12.6. The van der Waals surface area contributed by atoms with Gasteiger partial charge in [0.1, 0.15) is 0 Å². The first-order valence-electron chi connectivity index (χ1n) is 8.15. The Labute approximate surface area is 166 Å². The van der Waals surface area contributed by atoms with Crippen molar-refractivity contribution in [1.29, 1.82) is 0 Å². The minimum Gasteiger partial charge on any atom is -0.325 e. The molecule has 3 aromatic rings. The topological polar surface area (TPSA) is 46.9 Å². The number of carbonyl (C=O) groups is 1. The molecule has 0 aliphatic carbocycles. The van der Waals surface area contributed by atoms with Crippen molar-refractivity contribution in [2.24, 2.45) is 0 Å². The first-order chi connectivity index (χ1) is 12.5. The molecular formula is C19H19N3OS3. The second kappa shape index (κ2) is 8.16. The zero-order valence-corrected chi connectivity index (χ0v) is 17.2. The minimum atomic E-state index is -0.279. The summed E-state index contributed by atoms with van der Waals surface area (Å²) in [6, 6.07) is 15.7. The molecule has 0 radical (unpaired) electrons. The lowest BCUT2D eigenvalue weighted by molar-refractivity contribution is -0.115. The van der Waals surface area contributed by atoms with Gasteiger partial charge in [-0.1, -0.05) is 59.5 Å². The van der Waals surface area contributed by atoms with Gasteiger partial charge in [-0.05, 0) is 56.2 Å². The van der Waals surface area contributed by atoms with E-state index in [1.54, 1.807) is 4.68 Å². The van der Waals surface area contributed by atoms with Crippen molar-refractivity contribution in [3.8, 4) is 5.69 Å². The van der Waals surface area contributed by atoms with Crippen LogP contribution in [0.2, 0.25) is 0 Å². The quantitative estimate of drug-likeness (QED) is 0.459. The van der Waals surface area contributed by atoms with E-state index in [4.69, 9.17) is 12.2 Å². The van der Waals surface area contributed by atoms with E-state index in [1.807, 2.05) is 69.3 Å². The fraction of sp³-hybridized carbons (Fsp3) is 0.211. The van der Waals surface area contributed by atoms with Crippen molar-refractivity contribution in [3.63, 3.8) is 0 Å². The number of aryl methyl sites for hydroxylation is 2. The molecule has 1 N–H and O–H groups in total. The molecule has 1 aromatic heterocycles. The Kier molecular flexibility index (Phi) is 5.90. The van der Waals surface area contributed by atoms with Gasteiger partial charge in [0, 0.05) is 5.69 Å². The molecular weight excluding hydrogens is 382 g/mol. The average Bonchev–Trinajstić information content (AvgIpc) is 2.99. The maximum atomic E-state index is 12.6. The third kappa shape index (κ3) is 4.23. The number of anilines is 1. The van der Waals surface area contributed by atoms with Gasteiger partial charge in [0.25, 0.3) is 0 Å². The molecule has 0 saturated carbocycles. The van der Waals surface area contributed by atoms with E-state index >= 15 is 0 Å². The molecule has 134 valence electrons. The number of carbonyl (C=O) groups excluding carboxylic acids is 1. The lowest BCUT2D eigenvalue weighted by Crippen LogP contribution is -2.23. The summed E-state index contributed by atoms with van der Waals surface area (Å²) in [6.07, 6.45) is 0. The van der Waals surface area contributed by atoms with Crippen LogP contribution in [0.3, 0.4) is 0 Å². The molecule has 0 saturated heterocycles. The number of nitrogens with zero attached hydrogens (tertiary/aromatic N) is 2. The van der Waals surface area contributed by atoms with Gasteiger partial charge in [0.2, 0.25) is 5.91 Å². The van der Waals surface area contributed by atoms with Gasteiger partial charge in [-0.3, -0.25) is 4.79 Å². The predicted molar refractivity (Wildman–Crippen MR) is 112 cm³/mol. The summed E-state index contributed by atoms with van der Waals surface area (Å²) in [5.41, 5.74) is 3.92. The normalized spacial score (nSPS) is 12.0. The van der Waals surface area contributed by atoms with Gasteiger partial charge in [0.05, 0.1) is 10.9 Å². The van der Waals surface area contributed by atoms with Crippen molar-refractivity contribution in [1.82, 2.24) is 9.78 Å². The number of amides is 1. The van der Waals surface area contributed by atoms with Crippen molar-refractivity contribution >= 4 is 46.9 Å². The number of thioether (sulfide) groups is 1. The van der Waals surface area contributed by atoms with Gasteiger partial charge in [-0.2, -0.15) is 0 Å². The fourth-order valence-corrected chi connectivity index (χ4v) is 4.99. The molecule has 1 atom stereocenters. The highest BCUT2D eigenvalue weighted by atomic mass is 32.2. The van der Waals surface area contributed by atoms with Crippen LogP contribution < -0.4 is 5.32 Å². The smallest absolute Gasteiger partial charge is 0.237 e. The predicted octanol–water partition coefficient (Wildman–Crippen LogP) is 5.40. The lowest BCUT2D eigenvalue weighted by Gasteiger charge is -2.14. The summed E-state index contributed by atoms with van der Waals surface area (Å²) in [6.45, 7) is 5.87. The Bertz CT molecular complexity index is 959. The number of para-hydroxylation sites is 2. The molecule has 0 aliphatic heterocycles. The Morgan fingerprint density at radius 1 is 1.15 bits per heavy atom. The molecule has 7 heteroatoms. The van der Waals surface area contributed by atoms with Crippen LogP contribution in [0, 0.1) is 17.8 Å². The lowest BCUT2D eigenvalue weighted by atomic mass is 10.1. The molecule has 1 heterocycles. The summed E-state index contributed by atoms with van der Waals surface area (Å²) in [5, 5.41) is 7.32. The molecule has 26 heavy (non-hydrogen) atoms. The molecule has 0 unspecified atom stereocenters. The van der Waals surface area contributed by atoms with E-state index in [0.717, 1.165) is 26.8 Å². The van der Waals surface area contributed by atoms with Crippen LogP contribution in [0.25, 0.3) is 5.69 Å². The van der Waals surface area contributed by atoms with Crippen molar-refractivity contribution < 1.29 is 4.79 Å². The second-order valence-electron chi connectivity index (χ2n) is 5.90. The third-order valence-corrected chi connectivity index (χ3v) is 6.32. The average molecular weight is 402 g/mol. The van der Waals surface area contributed by atoms with Crippen LogP contribution in [-0.2, 0) is 4.79 Å². The zero-order valence-electron chi connectivity index (χ0n) is 14.7. The minimum absolute atomic E-state index is 0.0419. The van der Waals surface area contributed by atoms with Crippen LogP contribution >= 0.6 is 35.3 Å². The van der Waals surface area contributed by atoms with Crippen LogP contribution in [-0.4, -0.2) is 20.9 Å². The molecule has 2 aromatic carbocycles. The van der Waals surface area contributed by atoms with Gasteiger partial charge in [-0.25, -0.2) is 4.68 Å². The van der Waals surface area contributed by atoms with Crippen molar-refractivity contribution in [2.75, 3.05) is 5.32 Å². The summed E-state index contributed by atoms with van der Waals surface area (Å²) < 4.78 is 3.18. The molecule has 0 fully saturated rings. The van der Waals surface area contributed by atoms with Crippen LogP contribution in [0.1, 0.15) is 18.1 Å². The standard InChI is InChI=1S/C19H19N3OS3/c1-12-8-7-9-13(2)16(12)20-17(23)14(3)25-18-21-22(19(24)26-18)15-10-5-4-6-11-15/h4-11,14H,1-3H3,(H,20,23)/t14-/m1/s1. The Balaban J connectivity index is 1.73. The number of aromatic nitrogens is 2. The molecule has 3 rings (SSSR count). The first-order valence-corrected chi connectivity index (χ1v) is 10.3. The molecule has 1 amide bonds. The van der Waals surface area contributed by atoms with E-state index in [0.29, 0.717) is 3.95 Å². The third-order valence-electron chi connectivity index (χ3n) is 3.91. The Morgan fingerprint density at radius 2 is 1.81 bits per heavy atom. The number of rotatable bonds is 5. The van der Waals surface area contributed by atoms with Gasteiger partial charge in [0.15, 0.2) is 8.29 Å². The van der Waals surface area contributed by atoms with E-state index in [9.17, 15) is 4.79 Å².